The number of ether oxygens (including phenoxy) is 1. The Morgan fingerprint density at radius 2 is 1.68 bits per heavy atom. The molecule has 1 unspecified atom stereocenters. The standard InChI is InChI=1S/C24H42N6O/c1-5-25-24(26-19-21(3)20-28-13-11-27(6-2)12-14-28)30-17-15-29(16-18-30)22-9-7-8-10-23(22)31-4/h7-10,21H,5-6,11-20H2,1-4H3,(H,25,26). The predicted molar refractivity (Wildman–Crippen MR) is 130 cm³/mol. The molecule has 1 atom stereocenters. The third-order valence-electron chi connectivity index (χ3n) is 6.37. The Hall–Kier alpha value is -1.99. The minimum atomic E-state index is 0.566. The Kier molecular flexibility index (Phi) is 9.28. The molecule has 1 N–H and O–H groups in total. The largest absolute Gasteiger partial charge is 0.495 e. The summed E-state index contributed by atoms with van der Waals surface area (Å²) in [7, 11) is 1.75. The van der Waals surface area contributed by atoms with Crippen molar-refractivity contribution >= 4 is 11.6 Å². The maximum atomic E-state index is 5.55. The molecular weight excluding hydrogens is 388 g/mol. The number of nitrogens with zero attached hydrogens (tertiary/aromatic N) is 5. The number of piperazine rings is 2. The molecule has 3 rings (SSSR count). The van der Waals surface area contributed by atoms with Gasteiger partial charge in [-0.25, -0.2) is 0 Å². The third kappa shape index (κ3) is 6.74. The lowest BCUT2D eigenvalue weighted by molar-refractivity contribution is 0.125. The Morgan fingerprint density at radius 1 is 1.00 bits per heavy atom. The molecule has 2 aliphatic heterocycles. The first-order chi connectivity index (χ1) is 15.1. The first kappa shape index (κ1) is 23.7. The summed E-state index contributed by atoms with van der Waals surface area (Å²) in [5.41, 5.74) is 1.18. The molecular formula is C24H42N6O. The van der Waals surface area contributed by atoms with Gasteiger partial charge in [-0.1, -0.05) is 26.0 Å². The van der Waals surface area contributed by atoms with Crippen LogP contribution in [-0.2, 0) is 0 Å². The smallest absolute Gasteiger partial charge is 0.194 e. The van der Waals surface area contributed by atoms with Crippen LogP contribution in [0.3, 0.4) is 0 Å². The van der Waals surface area contributed by atoms with Crippen molar-refractivity contribution in [2.45, 2.75) is 20.8 Å². The summed E-state index contributed by atoms with van der Waals surface area (Å²) < 4.78 is 5.55. The highest BCUT2D eigenvalue weighted by molar-refractivity contribution is 5.80. The molecule has 2 heterocycles. The van der Waals surface area contributed by atoms with Crippen LogP contribution in [0.25, 0.3) is 0 Å². The molecule has 1 aromatic rings. The highest BCUT2D eigenvalue weighted by Crippen LogP contribution is 2.28. The van der Waals surface area contributed by atoms with E-state index in [1.807, 2.05) is 12.1 Å². The van der Waals surface area contributed by atoms with Gasteiger partial charge in [0.15, 0.2) is 5.96 Å². The van der Waals surface area contributed by atoms with Crippen LogP contribution in [0, 0.1) is 5.92 Å². The van der Waals surface area contributed by atoms with Crippen LogP contribution < -0.4 is 15.0 Å². The Bertz CT molecular complexity index is 680. The van der Waals surface area contributed by atoms with E-state index < -0.39 is 0 Å². The van der Waals surface area contributed by atoms with E-state index in [0.717, 1.165) is 57.5 Å². The van der Waals surface area contributed by atoms with Gasteiger partial charge >= 0.3 is 0 Å². The van der Waals surface area contributed by atoms with Crippen LogP contribution in [-0.4, -0.2) is 106 Å². The molecule has 174 valence electrons. The molecule has 0 bridgehead atoms. The van der Waals surface area contributed by atoms with Gasteiger partial charge in [0, 0.05) is 72.0 Å². The first-order valence-corrected chi connectivity index (χ1v) is 12.0. The van der Waals surface area contributed by atoms with E-state index in [1.165, 1.54) is 38.4 Å². The number of anilines is 1. The number of rotatable bonds is 8. The van der Waals surface area contributed by atoms with Crippen LogP contribution in [0.1, 0.15) is 20.8 Å². The maximum absolute atomic E-state index is 5.55. The summed E-state index contributed by atoms with van der Waals surface area (Å²) >= 11 is 0. The van der Waals surface area contributed by atoms with Gasteiger partial charge in [0.25, 0.3) is 0 Å². The Balaban J connectivity index is 1.50. The Labute approximate surface area is 189 Å². The molecule has 2 fully saturated rings. The molecule has 0 aliphatic carbocycles. The van der Waals surface area contributed by atoms with Crippen molar-refractivity contribution in [2.24, 2.45) is 10.9 Å². The summed E-state index contributed by atoms with van der Waals surface area (Å²) in [6, 6.07) is 8.30. The second-order valence-corrected chi connectivity index (χ2v) is 8.68. The van der Waals surface area contributed by atoms with E-state index >= 15 is 0 Å². The lowest BCUT2D eigenvalue weighted by Gasteiger charge is -2.38. The van der Waals surface area contributed by atoms with E-state index in [2.05, 4.69) is 57.8 Å². The molecule has 2 aliphatic rings. The van der Waals surface area contributed by atoms with Gasteiger partial charge in [-0.3, -0.25) is 4.99 Å². The van der Waals surface area contributed by atoms with Crippen molar-refractivity contribution < 1.29 is 4.74 Å². The molecule has 0 saturated carbocycles. The average Bonchev–Trinajstić information content (AvgIpc) is 2.82. The lowest BCUT2D eigenvalue weighted by Crippen LogP contribution is -2.52. The molecule has 31 heavy (non-hydrogen) atoms. The van der Waals surface area contributed by atoms with Gasteiger partial charge in [0.2, 0.25) is 0 Å². The van der Waals surface area contributed by atoms with Gasteiger partial charge in [0.1, 0.15) is 5.75 Å². The van der Waals surface area contributed by atoms with E-state index in [9.17, 15) is 0 Å². The number of para-hydroxylation sites is 2. The zero-order chi connectivity index (χ0) is 22.1. The topological polar surface area (TPSA) is 46.6 Å². The Morgan fingerprint density at radius 3 is 2.32 bits per heavy atom. The molecule has 1 aromatic carbocycles. The van der Waals surface area contributed by atoms with Crippen molar-refractivity contribution in [3.8, 4) is 5.75 Å². The monoisotopic (exact) mass is 430 g/mol. The predicted octanol–water partition coefficient (Wildman–Crippen LogP) is 2.06. The van der Waals surface area contributed by atoms with Crippen LogP contribution in [0.5, 0.6) is 5.75 Å². The summed E-state index contributed by atoms with van der Waals surface area (Å²) in [6.07, 6.45) is 0. The fourth-order valence-electron chi connectivity index (χ4n) is 4.50. The third-order valence-corrected chi connectivity index (χ3v) is 6.37. The highest BCUT2D eigenvalue weighted by atomic mass is 16.5. The van der Waals surface area contributed by atoms with Crippen LogP contribution >= 0.6 is 0 Å². The van der Waals surface area contributed by atoms with E-state index in [0.29, 0.717) is 5.92 Å². The molecule has 7 nitrogen and oxygen atoms in total. The summed E-state index contributed by atoms with van der Waals surface area (Å²) in [5, 5.41) is 3.51. The maximum Gasteiger partial charge on any atom is 0.194 e. The van der Waals surface area contributed by atoms with E-state index in [1.54, 1.807) is 7.11 Å². The van der Waals surface area contributed by atoms with Gasteiger partial charge in [-0.2, -0.15) is 0 Å². The number of likely N-dealkylation sites (N-methyl/N-ethyl adjacent to an activating group) is 1. The highest BCUT2D eigenvalue weighted by Gasteiger charge is 2.22. The fraction of sp³-hybridized carbons (Fsp3) is 0.708. The minimum Gasteiger partial charge on any atom is -0.495 e. The molecule has 0 spiro atoms. The summed E-state index contributed by atoms with van der Waals surface area (Å²) in [5.74, 6) is 2.58. The molecule has 2 saturated heterocycles. The van der Waals surface area contributed by atoms with Gasteiger partial charge in [-0.05, 0) is 31.5 Å². The number of methoxy groups -OCH3 is 1. The van der Waals surface area contributed by atoms with E-state index in [-0.39, 0.29) is 0 Å². The normalized spacial score (nSPS) is 20.1. The van der Waals surface area contributed by atoms with Crippen LogP contribution in [0.2, 0.25) is 0 Å². The lowest BCUT2D eigenvalue weighted by atomic mass is 10.1. The summed E-state index contributed by atoms with van der Waals surface area (Å²) in [4.78, 5) is 15.0. The second kappa shape index (κ2) is 12.2. The number of hydrogen-bond donors (Lipinski definition) is 1. The SMILES string of the molecule is CCNC(=NCC(C)CN1CCN(CC)CC1)N1CCN(c2ccccc2OC)CC1. The quantitative estimate of drug-likeness (QED) is 0.503. The van der Waals surface area contributed by atoms with Crippen LogP contribution in [0.15, 0.2) is 29.3 Å². The van der Waals surface area contributed by atoms with Crippen molar-refractivity contribution in [3.05, 3.63) is 24.3 Å². The number of benzene rings is 1. The number of nitrogens with one attached hydrogen (secondary N) is 1. The fourth-order valence-corrected chi connectivity index (χ4v) is 4.50. The van der Waals surface area contributed by atoms with Crippen molar-refractivity contribution in [3.63, 3.8) is 0 Å². The van der Waals surface area contributed by atoms with Gasteiger partial charge in [-0.15, -0.1) is 0 Å². The molecule has 0 aromatic heterocycles. The zero-order valence-electron chi connectivity index (χ0n) is 20.0. The second-order valence-electron chi connectivity index (χ2n) is 8.68. The number of aliphatic imine (C=N–C) groups is 1. The zero-order valence-corrected chi connectivity index (χ0v) is 20.0. The van der Waals surface area contributed by atoms with E-state index in [4.69, 9.17) is 9.73 Å². The molecule has 7 heteroatoms. The van der Waals surface area contributed by atoms with Crippen molar-refractivity contribution in [1.82, 2.24) is 20.0 Å². The average molecular weight is 431 g/mol. The summed E-state index contributed by atoms with van der Waals surface area (Å²) in [6.45, 7) is 19.5. The number of hydrogen-bond acceptors (Lipinski definition) is 5. The first-order valence-electron chi connectivity index (χ1n) is 12.0. The van der Waals surface area contributed by atoms with Crippen molar-refractivity contribution in [1.29, 1.82) is 0 Å². The van der Waals surface area contributed by atoms with Crippen molar-refractivity contribution in [2.75, 3.05) is 90.5 Å². The molecule has 0 amide bonds. The van der Waals surface area contributed by atoms with Crippen LogP contribution in [0.4, 0.5) is 5.69 Å². The molecule has 0 radical (unpaired) electrons. The van der Waals surface area contributed by atoms with Gasteiger partial charge < -0.3 is 29.7 Å². The minimum absolute atomic E-state index is 0.566. The number of guanidine groups is 1. The van der Waals surface area contributed by atoms with Gasteiger partial charge in [0.05, 0.1) is 12.8 Å².